The highest BCUT2D eigenvalue weighted by atomic mass is 16.6. The Labute approximate surface area is 368 Å². The number of rotatable bonds is 47. The maximum absolute atomic E-state index is 12.8. The molecule has 0 spiro atoms. The molecule has 0 aromatic carbocycles. The van der Waals surface area contributed by atoms with E-state index >= 15 is 0 Å². The largest absolute Gasteiger partial charge is 0.462 e. The molecule has 0 radical (unpaired) electrons. The fourth-order valence-corrected chi connectivity index (χ4v) is 7.96. The van der Waals surface area contributed by atoms with Crippen molar-refractivity contribution in [3.8, 4) is 0 Å². The highest BCUT2D eigenvalue weighted by molar-refractivity contribution is 5.71. The number of ether oxygens (including phenoxy) is 3. The van der Waals surface area contributed by atoms with Crippen LogP contribution in [0.5, 0.6) is 0 Å². The molecule has 0 aliphatic heterocycles. The number of carbonyl (C=O) groups excluding carboxylic acids is 3. The van der Waals surface area contributed by atoms with Gasteiger partial charge in [-0.05, 0) is 31.1 Å². The lowest BCUT2D eigenvalue weighted by atomic mass is 9.99. The minimum atomic E-state index is -0.762. The van der Waals surface area contributed by atoms with Crippen molar-refractivity contribution in [3.63, 3.8) is 0 Å². The molecule has 0 aliphatic carbocycles. The van der Waals surface area contributed by atoms with Crippen molar-refractivity contribution in [2.24, 2.45) is 11.8 Å². The van der Waals surface area contributed by atoms with Crippen LogP contribution in [-0.2, 0) is 28.6 Å². The van der Waals surface area contributed by atoms with Crippen LogP contribution in [0.2, 0.25) is 0 Å². The number of unbranched alkanes of at least 4 members (excludes halogenated alkanes) is 31. The van der Waals surface area contributed by atoms with E-state index in [1.807, 2.05) is 0 Å². The van der Waals surface area contributed by atoms with Gasteiger partial charge in [0.1, 0.15) is 13.2 Å². The van der Waals surface area contributed by atoms with Crippen LogP contribution in [0, 0.1) is 11.8 Å². The molecule has 0 fully saturated rings. The molecule has 0 N–H and O–H groups in total. The van der Waals surface area contributed by atoms with Crippen LogP contribution in [0.25, 0.3) is 0 Å². The molecule has 0 amide bonds. The van der Waals surface area contributed by atoms with Gasteiger partial charge in [-0.25, -0.2) is 0 Å². The maximum Gasteiger partial charge on any atom is 0.306 e. The molecule has 59 heavy (non-hydrogen) atoms. The second-order valence-electron chi connectivity index (χ2n) is 18.9. The summed E-state index contributed by atoms with van der Waals surface area (Å²) in [5.74, 6) is 0.790. The first-order chi connectivity index (χ1) is 28.8. The average Bonchev–Trinajstić information content (AvgIpc) is 3.22. The van der Waals surface area contributed by atoms with Gasteiger partial charge in [-0.1, -0.05) is 253 Å². The van der Waals surface area contributed by atoms with Crippen LogP contribution in [0.1, 0.15) is 291 Å². The molecule has 0 saturated heterocycles. The number of carbonyl (C=O) groups is 3. The fourth-order valence-electron chi connectivity index (χ4n) is 7.96. The highest BCUT2D eigenvalue weighted by Crippen LogP contribution is 2.18. The first-order valence-corrected chi connectivity index (χ1v) is 26.3. The third kappa shape index (κ3) is 45.8. The third-order valence-electron chi connectivity index (χ3n) is 12.3. The molecule has 6 nitrogen and oxygen atoms in total. The van der Waals surface area contributed by atoms with Gasteiger partial charge in [-0.2, -0.15) is 0 Å². The van der Waals surface area contributed by atoms with E-state index in [4.69, 9.17) is 14.2 Å². The zero-order valence-corrected chi connectivity index (χ0v) is 40.4. The molecule has 1 unspecified atom stereocenters. The van der Waals surface area contributed by atoms with E-state index in [0.717, 1.165) is 69.6 Å². The van der Waals surface area contributed by atoms with E-state index in [1.165, 1.54) is 180 Å². The summed E-state index contributed by atoms with van der Waals surface area (Å²) in [5.41, 5.74) is 0. The Kier molecular flexibility index (Phi) is 44.7. The van der Waals surface area contributed by atoms with Gasteiger partial charge in [-0.15, -0.1) is 0 Å². The first kappa shape index (κ1) is 57.4. The number of hydrogen-bond donors (Lipinski definition) is 0. The number of esters is 3. The summed E-state index contributed by atoms with van der Waals surface area (Å²) >= 11 is 0. The van der Waals surface area contributed by atoms with Gasteiger partial charge in [0.05, 0.1) is 0 Å². The highest BCUT2D eigenvalue weighted by Gasteiger charge is 2.19. The van der Waals surface area contributed by atoms with Crippen LogP contribution >= 0.6 is 0 Å². The lowest BCUT2D eigenvalue weighted by Gasteiger charge is -2.18. The quantitative estimate of drug-likeness (QED) is 0.0345. The molecule has 0 saturated carbocycles. The normalized spacial score (nSPS) is 12.5. The molecule has 0 rings (SSSR count). The molecule has 0 aromatic rings. The van der Waals surface area contributed by atoms with Gasteiger partial charge < -0.3 is 14.2 Å². The molecule has 0 aliphatic rings. The minimum Gasteiger partial charge on any atom is -0.462 e. The van der Waals surface area contributed by atoms with Gasteiger partial charge in [0.2, 0.25) is 0 Å². The van der Waals surface area contributed by atoms with Crippen molar-refractivity contribution in [2.75, 3.05) is 13.2 Å². The molecule has 350 valence electrons. The van der Waals surface area contributed by atoms with E-state index in [2.05, 4.69) is 34.6 Å². The van der Waals surface area contributed by atoms with E-state index in [0.29, 0.717) is 19.3 Å². The van der Waals surface area contributed by atoms with Crippen molar-refractivity contribution < 1.29 is 28.6 Å². The molecular weight excluding hydrogens is 733 g/mol. The molecular formula is C53H102O6. The smallest absolute Gasteiger partial charge is 0.306 e. The lowest BCUT2D eigenvalue weighted by molar-refractivity contribution is -0.167. The summed E-state index contributed by atoms with van der Waals surface area (Å²) in [7, 11) is 0. The Morgan fingerprint density at radius 2 is 0.644 bits per heavy atom. The molecule has 0 bridgehead atoms. The van der Waals surface area contributed by atoms with Gasteiger partial charge in [0.25, 0.3) is 0 Å². The SMILES string of the molecule is CCCCCCCCCCCCCCCCCCCCC(=O)OC[C@@H](COC(=O)CCCCCCCCCCC(C)C)OC(=O)CCCCCCCCCCC(C)CC. The van der Waals surface area contributed by atoms with Crippen LogP contribution in [0.15, 0.2) is 0 Å². The van der Waals surface area contributed by atoms with Crippen LogP contribution < -0.4 is 0 Å². The maximum atomic E-state index is 12.8. The lowest BCUT2D eigenvalue weighted by Crippen LogP contribution is -2.30. The van der Waals surface area contributed by atoms with Crippen molar-refractivity contribution >= 4 is 17.9 Å². The average molecular weight is 835 g/mol. The summed E-state index contributed by atoms with van der Waals surface area (Å²) in [4.78, 5) is 37.9. The zero-order chi connectivity index (χ0) is 43.3. The van der Waals surface area contributed by atoms with Gasteiger partial charge in [0.15, 0.2) is 6.10 Å². The summed E-state index contributed by atoms with van der Waals surface area (Å²) < 4.78 is 16.8. The van der Waals surface area contributed by atoms with Crippen molar-refractivity contribution in [1.82, 2.24) is 0 Å². The van der Waals surface area contributed by atoms with Gasteiger partial charge in [0, 0.05) is 19.3 Å². The van der Waals surface area contributed by atoms with Crippen LogP contribution in [-0.4, -0.2) is 37.2 Å². The Morgan fingerprint density at radius 3 is 0.966 bits per heavy atom. The van der Waals surface area contributed by atoms with Crippen molar-refractivity contribution in [2.45, 2.75) is 298 Å². The molecule has 6 heteroatoms. The molecule has 0 heterocycles. The van der Waals surface area contributed by atoms with E-state index in [-0.39, 0.29) is 31.1 Å². The second kappa shape index (κ2) is 45.9. The Morgan fingerprint density at radius 1 is 0.356 bits per heavy atom. The third-order valence-corrected chi connectivity index (χ3v) is 12.3. The zero-order valence-electron chi connectivity index (χ0n) is 40.4. The van der Waals surface area contributed by atoms with Crippen molar-refractivity contribution in [1.29, 1.82) is 0 Å². The summed E-state index contributed by atoms with van der Waals surface area (Å²) in [6.07, 6.45) is 46.6. The topological polar surface area (TPSA) is 78.9 Å². The minimum absolute atomic E-state index is 0.0644. The molecule has 2 atom stereocenters. The summed E-state index contributed by atoms with van der Waals surface area (Å²) in [5, 5.41) is 0. The predicted molar refractivity (Wildman–Crippen MR) is 252 cm³/mol. The van der Waals surface area contributed by atoms with E-state index in [9.17, 15) is 14.4 Å². The van der Waals surface area contributed by atoms with Gasteiger partial charge >= 0.3 is 17.9 Å². The monoisotopic (exact) mass is 835 g/mol. The number of hydrogen-bond acceptors (Lipinski definition) is 6. The first-order valence-electron chi connectivity index (χ1n) is 26.3. The summed E-state index contributed by atoms with van der Waals surface area (Å²) in [6, 6.07) is 0. The van der Waals surface area contributed by atoms with Crippen LogP contribution in [0.4, 0.5) is 0 Å². The Bertz CT molecular complexity index is 902. The summed E-state index contributed by atoms with van der Waals surface area (Å²) in [6.45, 7) is 11.3. The van der Waals surface area contributed by atoms with Crippen molar-refractivity contribution in [3.05, 3.63) is 0 Å². The van der Waals surface area contributed by atoms with Gasteiger partial charge in [-0.3, -0.25) is 14.4 Å². The van der Waals surface area contributed by atoms with Crippen LogP contribution in [0.3, 0.4) is 0 Å². The van der Waals surface area contributed by atoms with E-state index < -0.39 is 6.10 Å². The van der Waals surface area contributed by atoms with E-state index in [1.54, 1.807) is 0 Å². The molecule has 0 aromatic heterocycles. The Hall–Kier alpha value is -1.59. The standard InChI is InChI=1S/C53H102O6/c1-6-8-9-10-11-12-13-14-15-16-17-18-19-20-21-28-33-38-43-51(54)57-46-50(47-58-52(55)44-39-34-29-24-22-26-31-36-41-48(3)4)59-53(56)45-40-35-30-25-23-27-32-37-42-49(5)7-2/h48-50H,6-47H2,1-5H3/t49?,50-/m0/s1. The Balaban J connectivity index is 4.27. The second-order valence-corrected chi connectivity index (χ2v) is 18.9. The fraction of sp³-hybridized carbons (Fsp3) is 0.943. The predicted octanol–water partition coefficient (Wildman–Crippen LogP) is 16.9.